The quantitative estimate of drug-likeness (QED) is 0.265. The number of non-ortho nitro benzene ring substituents is 1. The van der Waals surface area contributed by atoms with Crippen LogP contribution in [0, 0.1) is 10.1 Å². The molecule has 1 saturated carbocycles. The van der Waals surface area contributed by atoms with Crippen LogP contribution in [0.4, 0.5) is 5.69 Å². The van der Waals surface area contributed by atoms with Gasteiger partial charge in [0.05, 0.1) is 15.4 Å². The number of thioether (sulfide) groups is 1. The highest BCUT2D eigenvalue weighted by Gasteiger charge is 2.42. The molecule has 160 valence electrons. The van der Waals surface area contributed by atoms with Crippen LogP contribution in [0.2, 0.25) is 0 Å². The Kier molecular flexibility index (Phi) is 6.51. The van der Waals surface area contributed by atoms with Crippen molar-refractivity contribution in [3.8, 4) is 0 Å². The van der Waals surface area contributed by atoms with Crippen LogP contribution in [0.25, 0.3) is 5.57 Å². The van der Waals surface area contributed by atoms with Gasteiger partial charge in [0.25, 0.3) is 17.5 Å². The number of benzene rings is 2. The maximum atomic E-state index is 13.5. The summed E-state index contributed by atoms with van der Waals surface area (Å²) in [6, 6.07) is 15.6. The van der Waals surface area contributed by atoms with Crippen molar-refractivity contribution >= 4 is 34.8 Å². The Morgan fingerprint density at radius 2 is 1.55 bits per heavy atom. The number of carbonyl (C=O) groups is 2. The van der Waals surface area contributed by atoms with Crippen LogP contribution in [0.1, 0.15) is 49.7 Å². The van der Waals surface area contributed by atoms with E-state index in [1.807, 2.05) is 30.3 Å². The number of hydrogen-bond acceptors (Lipinski definition) is 5. The zero-order chi connectivity index (χ0) is 21.8. The van der Waals surface area contributed by atoms with Crippen LogP contribution in [0.15, 0.2) is 59.5 Å². The molecule has 4 rings (SSSR count). The van der Waals surface area contributed by atoms with Crippen molar-refractivity contribution in [3.63, 3.8) is 0 Å². The lowest BCUT2D eigenvalue weighted by Gasteiger charge is -2.25. The van der Waals surface area contributed by atoms with Crippen molar-refractivity contribution in [2.75, 3.05) is 0 Å². The first kappa shape index (κ1) is 21.3. The summed E-state index contributed by atoms with van der Waals surface area (Å²) in [4.78, 5) is 39.3. The second kappa shape index (κ2) is 9.47. The third-order valence-corrected chi connectivity index (χ3v) is 7.00. The van der Waals surface area contributed by atoms with E-state index in [1.54, 1.807) is 12.1 Å². The highest BCUT2D eigenvalue weighted by molar-refractivity contribution is 8.03. The Bertz CT molecular complexity index is 1010. The summed E-state index contributed by atoms with van der Waals surface area (Å²) in [6.07, 6.45) is 5.96. The number of nitro benzene ring substituents is 1. The monoisotopic (exact) mass is 436 g/mol. The summed E-state index contributed by atoms with van der Waals surface area (Å²) in [5, 5.41) is 11.0. The molecule has 0 saturated heterocycles. The Labute approximate surface area is 185 Å². The van der Waals surface area contributed by atoms with Gasteiger partial charge < -0.3 is 0 Å². The molecule has 7 heteroatoms. The van der Waals surface area contributed by atoms with Gasteiger partial charge in [-0.15, -0.1) is 11.8 Å². The minimum absolute atomic E-state index is 0.0414. The molecule has 0 unspecified atom stereocenters. The molecule has 0 bridgehead atoms. The summed E-state index contributed by atoms with van der Waals surface area (Å²) >= 11 is 1.37. The van der Waals surface area contributed by atoms with Crippen molar-refractivity contribution in [1.29, 1.82) is 0 Å². The molecule has 2 amide bonds. The lowest BCUT2D eigenvalue weighted by molar-refractivity contribution is -0.384. The molecule has 1 fully saturated rings. The van der Waals surface area contributed by atoms with E-state index in [2.05, 4.69) is 0 Å². The molecule has 2 aliphatic rings. The van der Waals surface area contributed by atoms with Gasteiger partial charge in [-0.05, 0) is 36.1 Å². The maximum absolute atomic E-state index is 13.5. The first-order valence-electron chi connectivity index (χ1n) is 10.6. The zero-order valence-corrected chi connectivity index (χ0v) is 18.0. The molecule has 2 aromatic carbocycles. The molecule has 0 atom stereocenters. The number of imide groups is 1. The SMILES string of the molecule is O=C1C(SCc2ccccc2)=C(c2ccc([N+](=O)[O-])cc2)C(=O)N1C1CCCCCC1. The normalized spacial score (nSPS) is 17.9. The second-order valence-electron chi connectivity index (χ2n) is 7.91. The molecule has 0 N–H and O–H groups in total. The van der Waals surface area contributed by atoms with Crippen molar-refractivity contribution < 1.29 is 14.5 Å². The number of amides is 2. The molecular weight excluding hydrogens is 412 g/mol. The summed E-state index contributed by atoms with van der Waals surface area (Å²) in [7, 11) is 0. The molecule has 6 nitrogen and oxygen atoms in total. The first-order chi connectivity index (χ1) is 15.1. The fourth-order valence-corrected chi connectivity index (χ4v) is 5.32. The predicted molar refractivity (Wildman–Crippen MR) is 121 cm³/mol. The van der Waals surface area contributed by atoms with Crippen molar-refractivity contribution in [2.45, 2.75) is 50.3 Å². The van der Waals surface area contributed by atoms with Gasteiger partial charge in [-0.1, -0.05) is 56.0 Å². The average molecular weight is 437 g/mol. The molecule has 1 aliphatic carbocycles. The van der Waals surface area contributed by atoms with Crippen molar-refractivity contribution in [2.24, 2.45) is 0 Å². The van der Waals surface area contributed by atoms with Crippen LogP contribution in [-0.2, 0) is 15.3 Å². The van der Waals surface area contributed by atoms with E-state index in [-0.39, 0.29) is 23.5 Å². The molecule has 31 heavy (non-hydrogen) atoms. The van der Waals surface area contributed by atoms with Crippen LogP contribution in [-0.4, -0.2) is 27.7 Å². The van der Waals surface area contributed by atoms with Gasteiger partial charge in [0.15, 0.2) is 0 Å². The molecule has 1 heterocycles. The van der Waals surface area contributed by atoms with Gasteiger partial charge in [0.2, 0.25) is 0 Å². The summed E-state index contributed by atoms with van der Waals surface area (Å²) < 4.78 is 0. The average Bonchev–Trinajstić information content (AvgIpc) is 2.95. The number of carbonyl (C=O) groups excluding carboxylic acids is 2. The smallest absolute Gasteiger partial charge is 0.269 e. The van der Waals surface area contributed by atoms with Crippen LogP contribution < -0.4 is 0 Å². The standard InChI is InChI=1S/C24H24N2O4S/c27-23-21(18-12-14-20(15-13-18)26(29)30)22(31-16-17-8-4-3-5-9-17)24(28)25(23)19-10-6-1-2-7-11-19/h3-5,8-9,12-15,19H,1-2,6-7,10-11,16H2. The van der Waals surface area contributed by atoms with E-state index >= 15 is 0 Å². The molecule has 0 spiro atoms. The molecule has 0 radical (unpaired) electrons. The number of nitrogens with zero attached hydrogens (tertiary/aromatic N) is 2. The van der Waals surface area contributed by atoms with Crippen molar-refractivity contribution in [3.05, 3.63) is 80.7 Å². The minimum atomic E-state index is -0.470. The van der Waals surface area contributed by atoms with Gasteiger partial charge in [0.1, 0.15) is 0 Å². The predicted octanol–water partition coefficient (Wildman–Crippen LogP) is 5.33. The number of rotatable bonds is 6. The molecule has 2 aromatic rings. The Morgan fingerprint density at radius 3 is 2.16 bits per heavy atom. The van der Waals surface area contributed by atoms with E-state index in [0.29, 0.717) is 21.8 Å². The van der Waals surface area contributed by atoms with Crippen LogP contribution in [0.3, 0.4) is 0 Å². The maximum Gasteiger partial charge on any atom is 0.269 e. The number of nitro groups is 1. The topological polar surface area (TPSA) is 80.5 Å². The number of hydrogen-bond donors (Lipinski definition) is 0. The first-order valence-corrected chi connectivity index (χ1v) is 11.6. The van der Waals surface area contributed by atoms with Crippen LogP contribution in [0.5, 0.6) is 0 Å². The van der Waals surface area contributed by atoms with Crippen LogP contribution >= 0.6 is 11.8 Å². The van der Waals surface area contributed by atoms with E-state index in [9.17, 15) is 19.7 Å². The third-order valence-electron chi connectivity index (χ3n) is 5.86. The molecular formula is C24H24N2O4S. The Hall–Kier alpha value is -2.93. The van der Waals surface area contributed by atoms with Crippen molar-refractivity contribution in [1.82, 2.24) is 4.90 Å². The van der Waals surface area contributed by atoms with Gasteiger partial charge in [-0.3, -0.25) is 24.6 Å². The van der Waals surface area contributed by atoms with Gasteiger partial charge >= 0.3 is 0 Å². The van der Waals surface area contributed by atoms with E-state index in [1.165, 1.54) is 28.8 Å². The molecule has 0 aromatic heterocycles. The Morgan fingerprint density at radius 1 is 0.903 bits per heavy atom. The fraction of sp³-hybridized carbons (Fsp3) is 0.333. The zero-order valence-electron chi connectivity index (χ0n) is 17.2. The van der Waals surface area contributed by atoms with Gasteiger partial charge in [-0.2, -0.15) is 0 Å². The largest absolute Gasteiger partial charge is 0.271 e. The molecule has 1 aliphatic heterocycles. The fourth-order valence-electron chi connectivity index (χ4n) is 4.24. The second-order valence-corrected chi connectivity index (χ2v) is 8.89. The van der Waals surface area contributed by atoms with Gasteiger partial charge in [0, 0.05) is 23.9 Å². The highest BCUT2D eigenvalue weighted by atomic mass is 32.2. The van der Waals surface area contributed by atoms with Gasteiger partial charge in [-0.25, -0.2) is 0 Å². The highest BCUT2D eigenvalue weighted by Crippen LogP contribution is 2.40. The van der Waals surface area contributed by atoms with E-state index in [4.69, 9.17) is 0 Å². The Balaban J connectivity index is 1.68. The van der Waals surface area contributed by atoms with E-state index in [0.717, 1.165) is 44.1 Å². The third kappa shape index (κ3) is 4.56. The summed E-state index contributed by atoms with van der Waals surface area (Å²) in [5.41, 5.74) is 1.94. The summed E-state index contributed by atoms with van der Waals surface area (Å²) in [5.74, 6) is 0.0666. The minimum Gasteiger partial charge on any atom is -0.271 e. The van der Waals surface area contributed by atoms with E-state index < -0.39 is 4.92 Å². The lowest BCUT2D eigenvalue weighted by atomic mass is 10.0. The summed E-state index contributed by atoms with van der Waals surface area (Å²) in [6.45, 7) is 0. The lowest BCUT2D eigenvalue weighted by Crippen LogP contribution is -2.40.